The molecule has 1 amide bonds. The Morgan fingerprint density at radius 1 is 1.27 bits per heavy atom. The highest BCUT2D eigenvalue weighted by atomic mass is 32.1. The summed E-state index contributed by atoms with van der Waals surface area (Å²) in [5.41, 5.74) is 0.703. The predicted octanol–water partition coefficient (Wildman–Crippen LogP) is 2.72. The minimum atomic E-state index is -0.750. The van der Waals surface area contributed by atoms with Crippen LogP contribution in [0.1, 0.15) is 28.2 Å². The fourth-order valence-corrected chi connectivity index (χ4v) is 3.70. The van der Waals surface area contributed by atoms with Gasteiger partial charge in [-0.1, -0.05) is 18.2 Å². The zero-order chi connectivity index (χ0) is 18.7. The van der Waals surface area contributed by atoms with Gasteiger partial charge >= 0.3 is 0 Å². The lowest BCUT2D eigenvalue weighted by Gasteiger charge is -2.26. The van der Waals surface area contributed by atoms with Gasteiger partial charge in [0.15, 0.2) is 5.76 Å². The number of carbonyl (C=O) groups is 2. The number of ether oxygens (including phenoxy) is 1. The standard InChI is InChI=1S/C19H19NO5S/c1-2-25-13-7-5-12(6-8-13)16-15(17(22)14-4-3-11-26-14)18(23)19(24)20(16)9-10-21/h3-8,11,16,21,23H,2,9-10H2,1H3. The Morgan fingerprint density at radius 3 is 2.58 bits per heavy atom. The third kappa shape index (κ3) is 3.23. The second kappa shape index (κ2) is 7.72. The molecule has 1 atom stereocenters. The highest BCUT2D eigenvalue weighted by molar-refractivity contribution is 7.12. The molecule has 0 bridgehead atoms. The van der Waals surface area contributed by atoms with Gasteiger partial charge in [0.05, 0.1) is 29.7 Å². The van der Waals surface area contributed by atoms with Crippen LogP contribution in [0.3, 0.4) is 0 Å². The Hall–Kier alpha value is -2.64. The molecule has 7 heteroatoms. The molecule has 1 unspecified atom stereocenters. The number of hydrogen-bond donors (Lipinski definition) is 2. The van der Waals surface area contributed by atoms with Gasteiger partial charge in [-0.3, -0.25) is 9.59 Å². The highest BCUT2D eigenvalue weighted by Crippen LogP contribution is 2.39. The van der Waals surface area contributed by atoms with Gasteiger partial charge in [-0.15, -0.1) is 11.3 Å². The molecule has 0 saturated heterocycles. The first-order valence-electron chi connectivity index (χ1n) is 8.24. The molecule has 0 aliphatic carbocycles. The largest absolute Gasteiger partial charge is 0.503 e. The smallest absolute Gasteiger partial charge is 0.290 e. The van der Waals surface area contributed by atoms with E-state index in [1.807, 2.05) is 6.92 Å². The molecule has 0 saturated carbocycles. The lowest BCUT2D eigenvalue weighted by Crippen LogP contribution is -2.33. The lowest BCUT2D eigenvalue weighted by molar-refractivity contribution is -0.129. The third-order valence-corrected chi connectivity index (χ3v) is 5.01. The predicted molar refractivity (Wildman–Crippen MR) is 97.5 cm³/mol. The highest BCUT2D eigenvalue weighted by Gasteiger charge is 2.43. The summed E-state index contributed by atoms with van der Waals surface area (Å²) >= 11 is 1.25. The lowest BCUT2D eigenvalue weighted by atomic mass is 9.95. The van der Waals surface area contributed by atoms with Crippen LogP contribution in [0.15, 0.2) is 53.1 Å². The maximum atomic E-state index is 12.9. The number of carbonyl (C=O) groups excluding carboxylic acids is 2. The van der Waals surface area contributed by atoms with E-state index < -0.39 is 17.7 Å². The molecular formula is C19H19NO5S. The van der Waals surface area contributed by atoms with Gasteiger partial charge in [0.2, 0.25) is 5.78 Å². The molecular weight excluding hydrogens is 354 g/mol. The molecule has 0 radical (unpaired) electrons. The summed E-state index contributed by atoms with van der Waals surface area (Å²) < 4.78 is 5.43. The van der Waals surface area contributed by atoms with E-state index in [4.69, 9.17) is 4.74 Å². The Balaban J connectivity index is 2.04. The number of rotatable bonds is 7. The quantitative estimate of drug-likeness (QED) is 0.729. The maximum absolute atomic E-state index is 12.9. The molecule has 1 aliphatic rings. The number of β-amino-alcohol motifs (C(OH)–C–C–N with tert-alkyl or cyclic N) is 1. The molecule has 0 fully saturated rings. The van der Waals surface area contributed by atoms with Gasteiger partial charge in [-0.05, 0) is 36.1 Å². The van der Waals surface area contributed by atoms with Crippen LogP contribution < -0.4 is 4.74 Å². The monoisotopic (exact) mass is 373 g/mol. The van der Waals surface area contributed by atoms with Gasteiger partial charge in [0.25, 0.3) is 5.91 Å². The van der Waals surface area contributed by atoms with E-state index in [-0.39, 0.29) is 24.5 Å². The number of Topliss-reactive ketones (excluding diaryl/α,β-unsaturated/α-hetero) is 1. The average molecular weight is 373 g/mol. The zero-order valence-corrected chi connectivity index (χ0v) is 15.0. The summed E-state index contributed by atoms with van der Waals surface area (Å²) in [7, 11) is 0. The molecule has 1 aliphatic heterocycles. The Morgan fingerprint density at radius 2 is 2.00 bits per heavy atom. The number of nitrogens with zero attached hydrogens (tertiary/aromatic N) is 1. The second-order valence-corrected chi connectivity index (χ2v) is 6.64. The summed E-state index contributed by atoms with van der Waals surface area (Å²) in [6, 6.07) is 9.67. The Labute approximate surface area is 155 Å². The fraction of sp³-hybridized carbons (Fsp3) is 0.263. The van der Waals surface area contributed by atoms with Crippen LogP contribution in [0.25, 0.3) is 0 Å². The molecule has 26 heavy (non-hydrogen) atoms. The number of ketones is 1. The van der Waals surface area contributed by atoms with Crippen molar-refractivity contribution in [3.8, 4) is 5.75 Å². The molecule has 3 rings (SSSR count). The van der Waals surface area contributed by atoms with Crippen molar-refractivity contribution in [2.75, 3.05) is 19.8 Å². The van der Waals surface area contributed by atoms with Crippen molar-refractivity contribution in [1.29, 1.82) is 0 Å². The van der Waals surface area contributed by atoms with Crippen molar-refractivity contribution < 1.29 is 24.5 Å². The molecule has 0 spiro atoms. The van der Waals surface area contributed by atoms with Gasteiger partial charge < -0.3 is 19.8 Å². The molecule has 2 aromatic rings. The van der Waals surface area contributed by atoms with E-state index in [9.17, 15) is 19.8 Å². The van der Waals surface area contributed by atoms with E-state index in [1.165, 1.54) is 16.2 Å². The van der Waals surface area contributed by atoms with Gasteiger partial charge in [-0.25, -0.2) is 0 Å². The Kier molecular flexibility index (Phi) is 5.39. The summed E-state index contributed by atoms with van der Waals surface area (Å²) in [6.45, 7) is 2.15. The molecule has 136 valence electrons. The summed E-state index contributed by atoms with van der Waals surface area (Å²) in [6.07, 6.45) is 0. The van der Waals surface area contributed by atoms with E-state index in [2.05, 4.69) is 0 Å². The minimum Gasteiger partial charge on any atom is -0.503 e. The van der Waals surface area contributed by atoms with Crippen molar-refractivity contribution in [1.82, 2.24) is 4.90 Å². The van der Waals surface area contributed by atoms with Gasteiger partial charge in [-0.2, -0.15) is 0 Å². The first-order valence-corrected chi connectivity index (χ1v) is 9.12. The van der Waals surface area contributed by atoms with Crippen LogP contribution in [-0.4, -0.2) is 46.6 Å². The number of thiophene rings is 1. The van der Waals surface area contributed by atoms with Crippen molar-refractivity contribution >= 4 is 23.0 Å². The first kappa shape index (κ1) is 18.2. The number of benzene rings is 1. The SMILES string of the molecule is CCOc1ccc(C2C(C(=O)c3cccs3)=C(O)C(=O)N2CCO)cc1. The van der Waals surface area contributed by atoms with Gasteiger partial charge in [0.1, 0.15) is 5.75 Å². The van der Waals surface area contributed by atoms with Crippen molar-refractivity contribution in [3.63, 3.8) is 0 Å². The molecule has 6 nitrogen and oxygen atoms in total. The molecule has 1 aromatic carbocycles. The average Bonchev–Trinajstić information content (AvgIpc) is 3.26. The van der Waals surface area contributed by atoms with Crippen LogP contribution in [0, 0.1) is 0 Å². The fourth-order valence-electron chi connectivity index (χ4n) is 3.02. The van der Waals surface area contributed by atoms with Crippen molar-refractivity contribution in [2.24, 2.45) is 0 Å². The van der Waals surface area contributed by atoms with Crippen molar-refractivity contribution in [3.05, 3.63) is 63.6 Å². The molecule has 1 aromatic heterocycles. The number of hydrogen-bond acceptors (Lipinski definition) is 6. The van der Waals surface area contributed by atoms with Crippen LogP contribution in [0.5, 0.6) is 5.75 Å². The maximum Gasteiger partial charge on any atom is 0.290 e. The second-order valence-electron chi connectivity index (χ2n) is 5.70. The number of aliphatic hydroxyl groups is 2. The zero-order valence-electron chi connectivity index (χ0n) is 14.2. The number of aliphatic hydroxyl groups excluding tert-OH is 2. The van der Waals surface area contributed by atoms with E-state index in [0.29, 0.717) is 22.8 Å². The number of amides is 1. The van der Waals surface area contributed by atoms with Crippen molar-refractivity contribution in [2.45, 2.75) is 13.0 Å². The van der Waals surface area contributed by atoms with E-state index in [0.717, 1.165) is 0 Å². The third-order valence-electron chi connectivity index (χ3n) is 4.14. The van der Waals surface area contributed by atoms with Gasteiger partial charge in [0, 0.05) is 6.54 Å². The normalized spacial score (nSPS) is 17.1. The topological polar surface area (TPSA) is 87.1 Å². The summed E-state index contributed by atoms with van der Waals surface area (Å²) in [5.74, 6) is -0.924. The van der Waals surface area contributed by atoms with Crippen LogP contribution in [0.4, 0.5) is 0 Å². The first-order chi connectivity index (χ1) is 12.6. The summed E-state index contributed by atoms with van der Waals surface area (Å²) in [5, 5.41) is 21.4. The summed E-state index contributed by atoms with van der Waals surface area (Å²) in [4.78, 5) is 27.1. The van der Waals surface area contributed by atoms with E-state index in [1.54, 1.807) is 41.8 Å². The molecule has 2 heterocycles. The minimum absolute atomic E-state index is 0.0159. The molecule has 2 N–H and O–H groups in total. The van der Waals surface area contributed by atoms with Crippen LogP contribution in [-0.2, 0) is 4.79 Å². The van der Waals surface area contributed by atoms with Crippen LogP contribution >= 0.6 is 11.3 Å². The van der Waals surface area contributed by atoms with Crippen LogP contribution in [0.2, 0.25) is 0 Å². The van der Waals surface area contributed by atoms with E-state index >= 15 is 0 Å². The Bertz CT molecular complexity index is 826.